The normalized spacial score (nSPS) is 12.2. The topological polar surface area (TPSA) is 42.4 Å². The van der Waals surface area contributed by atoms with E-state index in [1.54, 1.807) is 7.11 Å². The zero-order chi connectivity index (χ0) is 13.8. The summed E-state index contributed by atoms with van der Waals surface area (Å²) in [6, 6.07) is 11.5. The predicted molar refractivity (Wildman–Crippen MR) is 75.4 cm³/mol. The Balaban J connectivity index is 2.49. The molecular weight excluding hydrogens is 238 g/mol. The largest absolute Gasteiger partial charge is 0.496 e. The molecule has 1 aromatic carbocycles. The van der Waals surface area contributed by atoms with Gasteiger partial charge >= 0.3 is 0 Å². The number of pyridine rings is 1. The molecule has 3 heteroatoms. The first-order chi connectivity index (χ1) is 9.17. The summed E-state index contributed by atoms with van der Waals surface area (Å²) in [6.07, 6.45) is 0.0899. The van der Waals surface area contributed by atoms with Gasteiger partial charge in [0.25, 0.3) is 0 Å². The highest BCUT2D eigenvalue weighted by Crippen LogP contribution is 2.29. The summed E-state index contributed by atoms with van der Waals surface area (Å²) in [5.41, 5.74) is 3.32. The van der Waals surface area contributed by atoms with Crippen LogP contribution in [0.1, 0.15) is 35.5 Å². The number of hydrogen-bond acceptors (Lipinski definition) is 3. The zero-order valence-electron chi connectivity index (χ0n) is 11.6. The molecule has 0 spiro atoms. The van der Waals surface area contributed by atoms with Gasteiger partial charge in [0.15, 0.2) is 0 Å². The van der Waals surface area contributed by atoms with Gasteiger partial charge < -0.3 is 9.84 Å². The van der Waals surface area contributed by atoms with Crippen LogP contribution < -0.4 is 4.74 Å². The second-order valence-corrected chi connectivity index (χ2v) is 4.49. The SMILES string of the molecule is CCc1cc(OC)c(C)c([C@@H](O)c2ccccc2)n1. The molecule has 3 nitrogen and oxygen atoms in total. The molecule has 0 saturated carbocycles. The first kappa shape index (κ1) is 13.6. The second-order valence-electron chi connectivity index (χ2n) is 4.49. The summed E-state index contributed by atoms with van der Waals surface area (Å²) in [6.45, 7) is 3.96. The number of methoxy groups -OCH3 is 1. The van der Waals surface area contributed by atoms with E-state index in [2.05, 4.69) is 4.98 Å². The Hall–Kier alpha value is -1.87. The molecule has 1 atom stereocenters. The third-order valence-electron chi connectivity index (χ3n) is 3.27. The van der Waals surface area contributed by atoms with Crippen molar-refractivity contribution in [3.8, 4) is 5.75 Å². The summed E-state index contributed by atoms with van der Waals surface area (Å²) >= 11 is 0. The molecule has 1 N–H and O–H groups in total. The van der Waals surface area contributed by atoms with E-state index in [4.69, 9.17) is 4.74 Å². The van der Waals surface area contributed by atoms with E-state index in [0.29, 0.717) is 5.69 Å². The Morgan fingerprint density at radius 3 is 2.53 bits per heavy atom. The minimum absolute atomic E-state index is 0.669. The molecule has 0 unspecified atom stereocenters. The highest BCUT2D eigenvalue weighted by Gasteiger charge is 2.18. The molecule has 1 heterocycles. The third-order valence-corrected chi connectivity index (χ3v) is 3.27. The monoisotopic (exact) mass is 257 g/mol. The van der Waals surface area contributed by atoms with Gasteiger partial charge in [-0.05, 0) is 18.9 Å². The van der Waals surface area contributed by atoms with Crippen molar-refractivity contribution in [1.82, 2.24) is 4.98 Å². The first-order valence-electron chi connectivity index (χ1n) is 6.44. The van der Waals surface area contributed by atoms with E-state index in [9.17, 15) is 5.11 Å². The van der Waals surface area contributed by atoms with Crippen LogP contribution in [0.2, 0.25) is 0 Å². The van der Waals surface area contributed by atoms with Gasteiger partial charge in [-0.3, -0.25) is 4.98 Å². The molecule has 0 aliphatic rings. The Bertz CT molecular complexity index is 552. The molecule has 0 fully saturated rings. The van der Waals surface area contributed by atoms with E-state index in [1.165, 1.54) is 0 Å². The first-order valence-corrected chi connectivity index (χ1v) is 6.44. The van der Waals surface area contributed by atoms with Crippen molar-refractivity contribution < 1.29 is 9.84 Å². The van der Waals surface area contributed by atoms with E-state index in [-0.39, 0.29) is 0 Å². The highest BCUT2D eigenvalue weighted by molar-refractivity contribution is 5.41. The van der Waals surface area contributed by atoms with Crippen LogP contribution in [0, 0.1) is 6.92 Å². The molecule has 2 rings (SSSR count). The molecular formula is C16H19NO2. The van der Waals surface area contributed by atoms with Crippen LogP contribution in [0.25, 0.3) is 0 Å². The van der Waals surface area contributed by atoms with E-state index < -0.39 is 6.10 Å². The van der Waals surface area contributed by atoms with Crippen LogP contribution in [0.4, 0.5) is 0 Å². The van der Waals surface area contributed by atoms with E-state index in [1.807, 2.05) is 50.2 Å². The van der Waals surface area contributed by atoms with Gasteiger partial charge in [-0.1, -0.05) is 37.3 Å². The third kappa shape index (κ3) is 2.76. The standard InChI is InChI=1S/C16H19NO2/c1-4-13-10-14(19-3)11(2)15(17-13)16(18)12-8-6-5-7-9-12/h5-10,16,18H,4H2,1-3H3/t16-/m0/s1. The Kier molecular flexibility index (Phi) is 4.17. The Labute approximate surface area is 113 Å². The lowest BCUT2D eigenvalue weighted by molar-refractivity contribution is 0.213. The summed E-state index contributed by atoms with van der Waals surface area (Å²) < 4.78 is 5.36. The molecule has 100 valence electrons. The maximum Gasteiger partial charge on any atom is 0.125 e. The van der Waals surface area contributed by atoms with Crippen molar-refractivity contribution in [2.75, 3.05) is 7.11 Å². The predicted octanol–water partition coefficient (Wildman–Crippen LogP) is 3.04. The summed E-state index contributed by atoms with van der Waals surface area (Å²) in [5, 5.41) is 10.5. The van der Waals surface area contributed by atoms with Crippen molar-refractivity contribution in [2.24, 2.45) is 0 Å². The molecule has 0 radical (unpaired) electrons. The maximum absolute atomic E-state index is 10.5. The average molecular weight is 257 g/mol. The molecule has 0 aliphatic heterocycles. The van der Waals surface area contributed by atoms with Crippen molar-refractivity contribution in [3.63, 3.8) is 0 Å². The molecule has 2 aromatic rings. The lowest BCUT2D eigenvalue weighted by Crippen LogP contribution is -2.08. The van der Waals surface area contributed by atoms with Crippen LogP contribution in [0.5, 0.6) is 5.75 Å². The van der Waals surface area contributed by atoms with Gasteiger partial charge in [0.1, 0.15) is 11.9 Å². The van der Waals surface area contributed by atoms with E-state index in [0.717, 1.165) is 29.0 Å². The van der Waals surface area contributed by atoms with Gasteiger partial charge in [-0.15, -0.1) is 0 Å². The number of hydrogen-bond donors (Lipinski definition) is 1. The number of ether oxygens (including phenoxy) is 1. The van der Waals surface area contributed by atoms with Gasteiger partial charge in [0, 0.05) is 17.3 Å². The average Bonchev–Trinajstić information content (AvgIpc) is 2.47. The Morgan fingerprint density at radius 2 is 1.95 bits per heavy atom. The zero-order valence-corrected chi connectivity index (χ0v) is 11.6. The van der Waals surface area contributed by atoms with Gasteiger partial charge in [-0.2, -0.15) is 0 Å². The van der Waals surface area contributed by atoms with Crippen LogP contribution in [0.15, 0.2) is 36.4 Å². The fourth-order valence-electron chi connectivity index (χ4n) is 2.11. The van der Waals surface area contributed by atoms with Crippen LogP contribution in [-0.4, -0.2) is 17.2 Å². The molecule has 0 saturated heterocycles. The minimum atomic E-state index is -0.721. The van der Waals surface area contributed by atoms with Crippen LogP contribution in [-0.2, 0) is 6.42 Å². The summed E-state index contributed by atoms with van der Waals surface area (Å²) in [4.78, 5) is 4.55. The van der Waals surface area contributed by atoms with Gasteiger partial charge in [-0.25, -0.2) is 0 Å². The number of aryl methyl sites for hydroxylation is 1. The highest BCUT2D eigenvalue weighted by atomic mass is 16.5. The maximum atomic E-state index is 10.5. The number of aromatic nitrogens is 1. The van der Waals surface area contributed by atoms with Crippen LogP contribution >= 0.6 is 0 Å². The molecule has 0 aliphatic carbocycles. The second kappa shape index (κ2) is 5.85. The van der Waals surface area contributed by atoms with Crippen molar-refractivity contribution in [1.29, 1.82) is 0 Å². The molecule has 0 amide bonds. The van der Waals surface area contributed by atoms with E-state index >= 15 is 0 Å². The number of benzene rings is 1. The number of rotatable bonds is 4. The van der Waals surface area contributed by atoms with Gasteiger partial charge in [0.2, 0.25) is 0 Å². The van der Waals surface area contributed by atoms with Crippen molar-refractivity contribution in [2.45, 2.75) is 26.4 Å². The fraction of sp³-hybridized carbons (Fsp3) is 0.312. The minimum Gasteiger partial charge on any atom is -0.496 e. The smallest absolute Gasteiger partial charge is 0.125 e. The number of aliphatic hydroxyl groups is 1. The molecule has 19 heavy (non-hydrogen) atoms. The van der Waals surface area contributed by atoms with Crippen LogP contribution in [0.3, 0.4) is 0 Å². The van der Waals surface area contributed by atoms with Crippen molar-refractivity contribution in [3.05, 3.63) is 58.9 Å². The Morgan fingerprint density at radius 1 is 1.26 bits per heavy atom. The summed E-state index contributed by atoms with van der Waals surface area (Å²) in [5.74, 6) is 0.775. The molecule has 0 bridgehead atoms. The van der Waals surface area contributed by atoms with Gasteiger partial charge in [0.05, 0.1) is 12.8 Å². The van der Waals surface area contributed by atoms with Crippen molar-refractivity contribution >= 4 is 0 Å². The number of nitrogens with zero attached hydrogens (tertiary/aromatic N) is 1. The lowest BCUT2D eigenvalue weighted by atomic mass is 10.0. The number of aliphatic hydroxyl groups excluding tert-OH is 1. The summed E-state index contributed by atoms with van der Waals surface area (Å²) in [7, 11) is 1.64. The quantitative estimate of drug-likeness (QED) is 0.915. The fourth-order valence-corrected chi connectivity index (χ4v) is 2.11. The molecule has 1 aromatic heterocycles. The lowest BCUT2D eigenvalue weighted by Gasteiger charge is -2.17.